The number of carbonyl (C=O) groups excluding carboxylic acids is 1. The highest BCUT2D eigenvalue weighted by Gasteiger charge is 2.31. The summed E-state index contributed by atoms with van der Waals surface area (Å²) in [7, 11) is 0. The first kappa shape index (κ1) is 24.6. The SMILES string of the molecule is CC(C)CC(CCCNC(=O)OC(C)(C)C)Nc1cc(C(F)(F)F)ccc1C#N. The van der Waals surface area contributed by atoms with Gasteiger partial charge in [-0.1, -0.05) is 13.8 Å². The molecule has 0 fully saturated rings. The van der Waals surface area contributed by atoms with E-state index in [2.05, 4.69) is 10.6 Å². The van der Waals surface area contributed by atoms with Gasteiger partial charge in [0.25, 0.3) is 0 Å². The zero-order chi connectivity index (χ0) is 22.2. The number of carbonyl (C=O) groups is 1. The minimum atomic E-state index is -4.48. The van der Waals surface area contributed by atoms with E-state index in [0.29, 0.717) is 31.7 Å². The smallest absolute Gasteiger partial charge is 0.416 e. The number of nitriles is 1. The summed E-state index contributed by atoms with van der Waals surface area (Å²) in [5, 5.41) is 15.0. The number of halogens is 3. The third-order valence-electron chi connectivity index (χ3n) is 3.98. The molecule has 0 aromatic heterocycles. The number of benzene rings is 1. The van der Waals surface area contributed by atoms with E-state index < -0.39 is 23.4 Å². The molecule has 1 atom stereocenters. The van der Waals surface area contributed by atoms with E-state index >= 15 is 0 Å². The van der Waals surface area contributed by atoms with Crippen LogP contribution in [0, 0.1) is 17.2 Å². The van der Waals surface area contributed by atoms with E-state index in [1.165, 1.54) is 6.07 Å². The number of nitrogens with one attached hydrogen (secondary N) is 2. The Kier molecular flexibility index (Phi) is 8.80. The van der Waals surface area contributed by atoms with E-state index in [1.807, 2.05) is 19.9 Å². The number of hydrogen-bond donors (Lipinski definition) is 2. The lowest BCUT2D eigenvalue weighted by molar-refractivity contribution is -0.137. The molecule has 0 bridgehead atoms. The molecule has 0 spiro atoms. The molecule has 1 unspecified atom stereocenters. The van der Waals surface area contributed by atoms with Crippen molar-refractivity contribution in [3.05, 3.63) is 29.3 Å². The van der Waals surface area contributed by atoms with Gasteiger partial charge in [0.1, 0.15) is 11.7 Å². The first-order valence-corrected chi connectivity index (χ1v) is 9.66. The highest BCUT2D eigenvalue weighted by atomic mass is 19.4. The average molecular weight is 413 g/mol. The Bertz CT molecular complexity index is 719. The number of alkyl halides is 3. The summed E-state index contributed by atoms with van der Waals surface area (Å²) in [6.07, 6.45) is -3.03. The largest absolute Gasteiger partial charge is 0.444 e. The number of rotatable bonds is 8. The van der Waals surface area contributed by atoms with Crippen molar-refractivity contribution in [1.82, 2.24) is 5.32 Å². The average Bonchev–Trinajstić information content (AvgIpc) is 2.55. The van der Waals surface area contributed by atoms with Gasteiger partial charge in [0.15, 0.2) is 0 Å². The number of hydrogen-bond acceptors (Lipinski definition) is 4. The first-order valence-electron chi connectivity index (χ1n) is 9.66. The standard InChI is InChI=1S/C21H30F3N3O2/c1-14(2)11-17(7-6-10-26-19(28)29-20(3,4)5)27-18-12-16(21(22,23)24)9-8-15(18)13-25/h8-9,12,14,17,27H,6-7,10-11H2,1-5H3,(H,26,28). The minimum Gasteiger partial charge on any atom is -0.444 e. The van der Waals surface area contributed by atoms with Gasteiger partial charge in [-0.3, -0.25) is 0 Å². The molecule has 1 rings (SSSR count). The summed E-state index contributed by atoms with van der Waals surface area (Å²) in [6, 6.07) is 4.87. The topological polar surface area (TPSA) is 74.2 Å². The lowest BCUT2D eigenvalue weighted by Crippen LogP contribution is -2.33. The number of anilines is 1. The van der Waals surface area contributed by atoms with Gasteiger partial charge in [0.05, 0.1) is 16.8 Å². The van der Waals surface area contributed by atoms with Crippen molar-refractivity contribution in [1.29, 1.82) is 5.26 Å². The van der Waals surface area contributed by atoms with Crippen LogP contribution in [0.4, 0.5) is 23.7 Å². The van der Waals surface area contributed by atoms with Crippen LogP contribution in [-0.4, -0.2) is 24.3 Å². The van der Waals surface area contributed by atoms with Crippen molar-refractivity contribution < 1.29 is 22.7 Å². The fraction of sp³-hybridized carbons (Fsp3) is 0.619. The Balaban J connectivity index is 2.77. The zero-order valence-corrected chi connectivity index (χ0v) is 17.6. The predicted octanol–water partition coefficient (Wildman–Crippen LogP) is 5.71. The molecular weight excluding hydrogens is 383 g/mol. The molecule has 0 aliphatic rings. The van der Waals surface area contributed by atoms with E-state index in [1.54, 1.807) is 20.8 Å². The molecule has 2 N–H and O–H groups in total. The molecule has 29 heavy (non-hydrogen) atoms. The Morgan fingerprint density at radius 2 is 1.90 bits per heavy atom. The Labute approximate surface area is 170 Å². The van der Waals surface area contributed by atoms with E-state index in [4.69, 9.17) is 4.74 Å². The quantitative estimate of drug-likeness (QED) is 0.536. The van der Waals surface area contributed by atoms with E-state index in [0.717, 1.165) is 12.1 Å². The second-order valence-electron chi connectivity index (χ2n) is 8.41. The monoisotopic (exact) mass is 413 g/mol. The molecule has 0 aliphatic heterocycles. The summed E-state index contributed by atoms with van der Waals surface area (Å²) in [5.74, 6) is 0.308. The van der Waals surface area contributed by atoms with Gasteiger partial charge in [-0.15, -0.1) is 0 Å². The van der Waals surface area contributed by atoms with Crippen LogP contribution in [0.3, 0.4) is 0 Å². The fourth-order valence-electron chi connectivity index (χ4n) is 2.83. The van der Waals surface area contributed by atoms with Crippen molar-refractivity contribution >= 4 is 11.8 Å². The van der Waals surface area contributed by atoms with Crippen LogP contribution < -0.4 is 10.6 Å². The lowest BCUT2D eigenvalue weighted by Gasteiger charge is -2.23. The molecule has 1 amide bonds. The van der Waals surface area contributed by atoms with Crippen LogP contribution in [0.1, 0.15) is 65.0 Å². The molecule has 0 saturated heterocycles. The Hall–Kier alpha value is -2.43. The Morgan fingerprint density at radius 1 is 1.24 bits per heavy atom. The molecule has 0 heterocycles. The number of alkyl carbamates (subject to hydrolysis) is 1. The third kappa shape index (κ3) is 9.55. The van der Waals surface area contributed by atoms with Crippen LogP contribution in [0.5, 0.6) is 0 Å². The van der Waals surface area contributed by atoms with Crippen LogP contribution >= 0.6 is 0 Å². The van der Waals surface area contributed by atoms with Crippen LogP contribution in [0.2, 0.25) is 0 Å². The molecule has 8 heteroatoms. The summed E-state index contributed by atoms with van der Waals surface area (Å²) in [5.41, 5.74) is -1.04. The maximum absolute atomic E-state index is 13.0. The maximum atomic E-state index is 13.0. The normalized spacial score (nSPS) is 13.0. The van der Waals surface area contributed by atoms with Gasteiger partial charge in [0.2, 0.25) is 0 Å². The lowest BCUT2D eigenvalue weighted by atomic mass is 9.98. The summed E-state index contributed by atoms with van der Waals surface area (Å²) in [4.78, 5) is 11.7. The van der Waals surface area contributed by atoms with Crippen LogP contribution in [0.25, 0.3) is 0 Å². The molecule has 0 aliphatic carbocycles. The van der Waals surface area contributed by atoms with Crippen molar-refractivity contribution in [2.75, 3.05) is 11.9 Å². The van der Waals surface area contributed by atoms with Crippen LogP contribution in [0.15, 0.2) is 18.2 Å². The van der Waals surface area contributed by atoms with Crippen molar-refractivity contribution in [2.24, 2.45) is 5.92 Å². The molecule has 1 aromatic rings. The second kappa shape index (κ2) is 10.4. The van der Waals surface area contributed by atoms with Gasteiger partial charge in [0, 0.05) is 12.6 Å². The van der Waals surface area contributed by atoms with E-state index in [-0.39, 0.29) is 17.3 Å². The maximum Gasteiger partial charge on any atom is 0.416 e. The van der Waals surface area contributed by atoms with Crippen molar-refractivity contribution in [3.63, 3.8) is 0 Å². The minimum absolute atomic E-state index is 0.133. The molecule has 162 valence electrons. The van der Waals surface area contributed by atoms with Gasteiger partial charge < -0.3 is 15.4 Å². The highest BCUT2D eigenvalue weighted by molar-refractivity contribution is 5.67. The third-order valence-corrected chi connectivity index (χ3v) is 3.98. The van der Waals surface area contributed by atoms with Gasteiger partial charge in [-0.05, 0) is 64.2 Å². The first-order chi connectivity index (χ1) is 13.3. The summed E-state index contributed by atoms with van der Waals surface area (Å²) < 4.78 is 44.3. The summed E-state index contributed by atoms with van der Waals surface area (Å²) >= 11 is 0. The molecule has 5 nitrogen and oxygen atoms in total. The van der Waals surface area contributed by atoms with Crippen LogP contribution in [-0.2, 0) is 10.9 Å². The molecule has 1 aromatic carbocycles. The molecule has 0 radical (unpaired) electrons. The number of amides is 1. The Morgan fingerprint density at radius 3 is 2.41 bits per heavy atom. The molecule has 0 saturated carbocycles. The van der Waals surface area contributed by atoms with E-state index in [9.17, 15) is 23.2 Å². The van der Waals surface area contributed by atoms with Crippen molar-refractivity contribution in [2.45, 2.75) is 71.7 Å². The van der Waals surface area contributed by atoms with Gasteiger partial charge in [-0.25, -0.2) is 4.79 Å². The van der Waals surface area contributed by atoms with Crippen molar-refractivity contribution in [3.8, 4) is 6.07 Å². The zero-order valence-electron chi connectivity index (χ0n) is 17.6. The highest BCUT2D eigenvalue weighted by Crippen LogP contribution is 2.32. The second-order valence-corrected chi connectivity index (χ2v) is 8.41. The summed E-state index contributed by atoms with van der Waals surface area (Å²) in [6.45, 7) is 9.75. The number of nitrogens with zero attached hydrogens (tertiary/aromatic N) is 1. The predicted molar refractivity (Wildman–Crippen MR) is 106 cm³/mol. The fourth-order valence-corrected chi connectivity index (χ4v) is 2.83. The number of ether oxygens (including phenoxy) is 1. The van der Waals surface area contributed by atoms with Gasteiger partial charge >= 0.3 is 12.3 Å². The van der Waals surface area contributed by atoms with Gasteiger partial charge in [-0.2, -0.15) is 18.4 Å². The molecular formula is C21H30F3N3O2.